The van der Waals surface area contributed by atoms with E-state index < -0.39 is 10.9 Å². The van der Waals surface area contributed by atoms with Gasteiger partial charge in [0.1, 0.15) is 5.69 Å². The predicted molar refractivity (Wildman–Crippen MR) is 66.7 cm³/mol. The molecule has 2 aromatic rings. The highest BCUT2D eigenvalue weighted by molar-refractivity contribution is 5.85. The number of nitro benzene ring substituents is 1. The van der Waals surface area contributed by atoms with Gasteiger partial charge in [-0.3, -0.25) is 10.1 Å². The Hall–Kier alpha value is -2.70. The Morgan fingerprint density at radius 3 is 2.58 bits per heavy atom. The van der Waals surface area contributed by atoms with E-state index in [9.17, 15) is 14.9 Å². The van der Waals surface area contributed by atoms with Crippen LogP contribution in [0.15, 0.2) is 24.3 Å². The fraction of sp³-hybridized carbons (Fsp3) is 0.167. The van der Waals surface area contributed by atoms with E-state index in [1.807, 2.05) is 0 Å². The Bertz CT molecular complexity index is 676. The SMILES string of the molecule is Cc1ccc(-n2nc(C(=O)O)cc2C)c([N+](=O)[O-])c1. The number of carbonyl (C=O) groups is 1. The molecule has 1 aromatic carbocycles. The fourth-order valence-electron chi connectivity index (χ4n) is 1.78. The summed E-state index contributed by atoms with van der Waals surface area (Å²) in [4.78, 5) is 21.4. The second-order valence-electron chi connectivity index (χ2n) is 4.14. The quantitative estimate of drug-likeness (QED) is 0.673. The molecule has 0 amide bonds. The van der Waals surface area contributed by atoms with Crippen molar-refractivity contribution in [1.29, 1.82) is 0 Å². The Labute approximate surface area is 108 Å². The van der Waals surface area contributed by atoms with Crippen LogP contribution in [-0.4, -0.2) is 25.8 Å². The number of rotatable bonds is 3. The van der Waals surface area contributed by atoms with Crippen molar-refractivity contribution in [2.45, 2.75) is 13.8 Å². The molecule has 0 saturated heterocycles. The van der Waals surface area contributed by atoms with Crippen LogP contribution in [0.25, 0.3) is 5.69 Å². The molecule has 1 aromatic heterocycles. The van der Waals surface area contributed by atoms with Gasteiger partial charge in [0.15, 0.2) is 5.69 Å². The maximum atomic E-state index is 11.0. The summed E-state index contributed by atoms with van der Waals surface area (Å²) in [5, 5.41) is 23.8. The fourth-order valence-corrected chi connectivity index (χ4v) is 1.78. The molecule has 19 heavy (non-hydrogen) atoms. The molecular formula is C12H11N3O4. The lowest BCUT2D eigenvalue weighted by molar-refractivity contribution is -0.384. The summed E-state index contributed by atoms with van der Waals surface area (Å²) in [7, 11) is 0. The van der Waals surface area contributed by atoms with Gasteiger partial charge in [0.25, 0.3) is 5.69 Å². The number of carboxylic acid groups (broad SMARTS) is 1. The molecule has 0 aliphatic heterocycles. The molecule has 7 nitrogen and oxygen atoms in total. The Balaban J connectivity index is 2.65. The number of nitro groups is 1. The third-order valence-electron chi connectivity index (χ3n) is 2.66. The molecule has 98 valence electrons. The first kappa shape index (κ1) is 12.7. The first-order chi connectivity index (χ1) is 8.90. The second kappa shape index (κ2) is 4.52. The van der Waals surface area contributed by atoms with Crippen LogP contribution in [0.3, 0.4) is 0 Å². The molecule has 0 aliphatic carbocycles. The van der Waals surface area contributed by atoms with Crippen molar-refractivity contribution in [3.63, 3.8) is 0 Å². The number of benzene rings is 1. The van der Waals surface area contributed by atoms with Crippen LogP contribution in [0.2, 0.25) is 0 Å². The lowest BCUT2D eigenvalue weighted by Crippen LogP contribution is -2.05. The van der Waals surface area contributed by atoms with Gasteiger partial charge in [0.05, 0.1) is 4.92 Å². The molecule has 0 spiro atoms. The maximum Gasteiger partial charge on any atom is 0.356 e. The van der Waals surface area contributed by atoms with E-state index in [0.717, 1.165) is 5.56 Å². The number of aromatic carboxylic acids is 1. The van der Waals surface area contributed by atoms with Gasteiger partial charge < -0.3 is 5.11 Å². The number of aromatic nitrogens is 2. The molecule has 0 fully saturated rings. The molecule has 2 rings (SSSR count). The molecule has 0 radical (unpaired) electrons. The minimum absolute atomic E-state index is 0.108. The third kappa shape index (κ3) is 2.30. The van der Waals surface area contributed by atoms with E-state index in [-0.39, 0.29) is 17.1 Å². The van der Waals surface area contributed by atoms with E-state index in [0.29, 0.717) is 5.69 Å². The average molecular weight is 261 g/mol. The van der Waals surface area contributed by atoms with E-state index in [1.54, 1.807) is 26.0 Å². The Morgan fingerprint density at radius 2 is 2.05 bits per heavy atom. The molecule has 0 bridgehead atoms. The summed E-state index contributed by atoms with van der Waals surface area (Å²) >= 11 is 0. The highest BCUT2D eigenvalue weighted by Crippen LogP contribution is 2.25. The van der Waals surface area contributed by atoms with Crippen LogP contribution in [-0.2, 0) is 0 Å². The largest absolute Gasteiger partial charge is 0.476 e. The summed E-state index contributed by atoms with van der Waals surface area (Å²) in [6, 6.07) is 6.06. The van der Waals surface area contributed by atoms with Crippen LogP contribution >= 0.6 is 0 Å². The van der Waals surface area contributed by atoms with Gasteiger partial charge in [-0.25, -0.2) is 9.48 Å². The van der Waals surface area contributed by atoms with Crippen LogP contribution in [0.5, 0.6) is 0 Å². The van der Waals surface area contributed by atoms with Gasteiger partial charge >= 0.3 is 5.97 Å². The molecule has 1 heterocycles. The zero-order chi connectivity index (χ0) is 14.2. The van der Waals surface area contributed by atoms with Crippen molar-refractivity contribution in [3.8, 4) is 5.69 Å². The van der Waals surface area contributed by atoms with E-state index >= 15 is 0 Å². The Morgan fingerprint density at radius 1 is 1.37 bits per heavy atom. The molecule has 1 N–H and O–H groups in total. The summed E-state index contributed by atoms with van der Waals surface area (Å²) in [6.07, 6.45) is 0. The minimum atomic E-state index is -1.17. The molecule has 7 heteroatoms. The van der Waals surface area contributed by atoms with Crippen LogP contribution in [0.4, 0.5) is 5.69 Å². The lowest BCUT2D eigenvalue weighted by atomic mass is 10.2. The number of nitrogens with zero attached hydrogens (tertiary/aromatic N) is 3. The lowest BCUT2D eigenvalue weighted by Gasteiger charge is -2.05. The normalized spacial score (nSPS) is 10.4. The van der Waals surface area contributed by atoms with E-state index in [2.05, 4.69) is 5.10 Å². The van der Waals surface area contributed by atoms with Gasteiger partial charge in [0.2, 0.25) is 0 Å². The molecule has 0 atom stereocenters. The standard InChI is InChI=1S/C12H11N3O4/c1-7-3-4-10(11(5-7)15(18)19)14-8(2)6-9(13-14)12(16)17/h3-6H,1-2H3,(H,16,17). The van der Waals surface area contributed by atoms with Crippen LogP contribution < -0.4 is 0 Å². The average Bonchev–Trinajstić information content (AvgIpc) is 2.71. The van der Waals surface area contributed by atoms with Crippen LogP contribution in [0, 0.1) is 24.0 Å². The van der Waals surface area contributed by atoms with Gasteiger partial charge in [0, 0.05) is 11.8 Å². The van der Waals surface area contributed by atoms with Crippen molar-refractivity contribution >= 4 is 11.7 Å². The molecule has 0 aliphatic rings. The number of carboxylic acids is 1. The first-order valence-electron chi connectivity index (χ1n) is 5.45. The maximum absolute atomic E-state index is 11.0. The summed E-state index contributed by atoms with van der Waals surface area (Å²) in [5.41, 5.74) is 1.26. The molecular weight excluding hydrogens is 250 g/mol. The van der Waals surface area contributed by atoms with Gasteiger partial charge in [-0.15, -0.1) is 0 Å². The van der Waals surface area contributed by atoms with Gasteiger partial charge in [-0.05, 0) is 31.5 Å². The number of hydrogen-bond acceptors (Lipinski definition) is 4. The van der Waals surface area contributed by atoms with Gasteiger partial charge in [-0.2, -0.15) is 5.10 Å². The predicted octanol–water partition coefficient (Wildman–Crippen LogP) is 2.10. The van der Waals surface area contributed by atoms with E-state index in [4.69, 9.17) is 5.11 Å². The zero-order valence-corrected chi connectivity index (χ0v) is 10.3. The van der Waals surface area contributed by atoms with Crippen molar-refractivity contribution in [3.05, 3.63) is 51.3 Å². The topological polar surface area (TPSA) is 98.3 Å². The molecule has 0 saturated carbocycles. The minimum Gasteiger partial charge on any atom is -0.476 e. The number of hydrogen-bond donors (Lipinski definition) is 1. The third-order valence-corrected chi connectivity index (χ3v) is 2.66. The van der Waals surface area contributed by atoms with Crippen molar-refractivity contribution in [2.24, 2.45) is 0 Å². The van der Waals surface area contributed by atoms with Crippen molar-refractivity contribution < 1.29 is 14.8 Å². The number of aryl methyl sites for hydroxylation is 2. The summed E-state index contributed by atoms with van der Waals surface area (Å²) in [5.74, 6) is -1.17. The van der Waals surface area contributed by atoms with E-state index in [1.165, 1.54) is 16.8 Å². The Kier molecular flexibility index (Phi) is 3.04. The zero-order valence-electron chi connectivity index (χ0n) is 10.3. The monoisotopic (exact) mass is 261 g/mol. The smallest absolute Gasteiger partial charge is 0.356 e. The molecule has 0 unspecified atom stereocenters. The first-order valence-corrected chi connectivity index (χ1v) is 5.45. The highest BCUT2D eigenvalue weighted by Gasteiger charge is 2.19. The van der Waals surface area contributed by atoms with Gasteiger partial charge in [-0.1, -0.05) is 6.07 Å². The van der Waals surface area contributed by atoms with Crippen molar-refractivity contribution in [2.75, 3.05) is 0 Å². The second-order valence-corrected chi connectivity index (χ2v) is 4.14. The van der Waals surface area contributed by atoms with Crippen molar-refractivity contribution in [1.82, 2.24) is 9.78 Å². The summed E-state index contributed by atoms with van der Waals surface area (Å²) in [6.45, 7) is 3.39. The summed E-state index contributed by atoms with van der Waals surface area (Å²) < 4.78 is 1.26. The van der Waals surface area contributed by atoms with Crippen LogP contribution in [0.1, 0.15) is 21.7 Å². The highest BCUT2D eigenvalue weighted by atomic mass is 16.6.